The molecule has 2 aliphatic rings. The second-order valence-electron chi connectivity index (χ2n) is 7.66. The third-order valence-electron chi connectivity index (χ3n) is 5.09. The van der Waals surface area contributed by atoms with E-state index in [0.29, 0.717) is 30.7 Å². The van der Waals surface area contributed by atoms with Crippen LogP contribution in [0.3, 0.4) is 0 Å². The van der Waals surface area contributed by atoms with Gasteiger partial charge in [0.2, 0.25) is 11.8 Å². The fourth-order valence-corrected chi connectivity index (χ4v) is 3.54. The van der Waals surface area contributed by atoms with Crippen molar-refractivity contribution >= 4 is 5.91 Å². The summed E-state index contributed by atoms with van der Waals surface area (Å²) in [5.41, 5.74) is 0. The summed E-state index contributed by atoms with van der Waals surface area (Å²) in [6.45, 7) is 9.83. The van der Waals surface area contributed by atoms with Gasteiger partial charge >= 0.3 is 0 Å². The maximum absolute atomic E-state index is 12.2. The minimum atomic E-state index is 0.154. The minimum absolute atomic E-state index is 0.154. The zero-order chi connectivity index (χ0) is 17.1. The van der Waals surface area contributed by atoms with Gasteiger partial charge in [0.15, 0.2) is 5.82 Å². The number of aromatic nitrogens is 2. The van der Waals surface area contributed by atoms with Crippen molar-refractivity contribution in [2.45, 2.75) is 64.8 Å². The van der Waals surface area contributed by atoms with Gasteiger partial charge < -0.3 is 14.3 Å². The van der Waals surface area contributed by atoms with Crippen LogP contribution in [0.4, 0.5) is 0 Å². The van der Waals surface area contributed by atoms with Crippen molar-refractivity contribution < 1.29 is 9.32 Å². The summed E-state index contributed by atoms with van der Waals surface area (Å²) < 4.78 is 5.26. The lowest BCUT2D eigenvalue weighted by Gasteiger charge is -2.39. The molecule has 134 valence electrons. The molecule has 1 aliphatic carbocycles. The highest BCUT2D eigenvalue weighted by molar-refractivity contribution is 5.73. The molecule has 1 amide bonds. The second-order valence-corrected chi connectivity index (χ2v) is 7.66. The SMILES string of the molecule is CC(=O)N(CCc1noc(C(C)C)n1)C1CCCN(CC2CC2)C1. The predicted molar refractivity (Wildman–Crippen MR) is 91.7 cm³/mol. The van der Waals surface area contributed by atoms with E-state index in [2.05, 4.69) is 15.0 Å². The van der Waals surface area contributed by atoms with Gasteiger partial charge in [0.1, 0.15) is 0 Å². The lowest BCUT2D eigenvalue weighted by Crippen LogP contribution is -2.50. The first-order chi connectivity index (χ1) is 11.5. The summed E-state index contributed by atoms with van der Waals surface area (Å²) in [5.74, 6) is 2.68. The molecule has 0 aromatic carbocycles. The quantitative estimate of drug-likeness (QED) is 0.766. The number of likely N-dealkylation sites (tertiary alicyclic amines) is 1. The molecule has 1 saturated heterocycles. The van der Waals surface area contributed by atoms with Crippen molar-refractivity contribution in [3.63, 3.8) is 0 Å². The number of nitrogens with zero attached hydrogens (tertiary/aromatic N) is 4. The largest absolute Gasteiger partial charge is 0.339 e. The van der Waals surface area contributed by atoms with Crippen LogP contribution in [0.15, 0.2) is 4.52 Å². The van der Waals surface area contributed by atoms with Crippen LogP contribution in [0.5, 0.6) is 0 Å². The average Bonchev–Trinajstić information content (AvgIpc) is 3.21. The van der Waals surface area contributed by atoms with Crippen molar-refractivity contribution in [3.8, 4) is 0 Å². The molecule has 2 fully saturated rings. The monoisotopic (exact) mass is 334 g/mol. The minimum Gasteiger partial charge on any atom is -0.339 e. The lowest BCUT2D eigenvalue weighted by molar-refractivity contribution is -0.132. The maximum atomic E-state index is 12.2. The summed E-state index contributed by atoms with van der Waals surface area (Å²) >= 11 is 0. The predicted octanol–water partition coefficient (Wildman–Crippen LogP) is 2.46. The first-order valence-electron chi connectivity index (χ1n) is 9.35. The second kappa shape index (κ2) is 7.64. The molecular formula is C18H30N4O2. The Morgan fingerprint density at radius 3 is 2.79 bits per heavy atom. The molecule has 3 rings (SSSR count). The van der Waals surface area contributed by atoms with Gasteiger partial charge in [-0.2, -0.15) is 4.98 Å². The number of rotatable bonds is 7. The molecule has 1 unspecified atom stereocenters. The van der Waals surface area contributed by atoms with Crippen LogP contribution in [-0.4, -0.2) is 58.1 Å². The lowest BCUT2D eigenvalue weighted by atomic mass is 10.0. The molecule has 1 atom stereocenters. The molecule has 1 aliphatic heterocycles. The van der Waals surface area contributed by atoms with Crippen molar-refractivity contribution in [3.05, 3.63) is 11.7 Å². The van der Waals surface area contributed by atoms with E-state index in [9.17, 15) is 4.79 Å². The van der Waals surface area contributed by atoms with Gasteiger partial charge in [-0.15, -0.1) is 0 Å². The standard InChI is InChI=1S/C18H30N4O2/c1-13(2)18-19-17(20-24-18)8-10-22(14(3)23)16-5-4-9-21(12-16)11-15-6-7-15/h13,15-16H,4-12H2,1-3H3. The van der Waals surface area contributed by atoms with E-state index in [0.717, 1.165) is 18.9 Å². The highest BCUT2D eigenvalue weighted by Gasteiger charge is 2.30. The number of amides is 1. The molecule has 1 aromatic rings. The smallest absolute Gasteiger partial charge is 0.229 e. The molecule has 2 heterocycles. The van der Waals surface area contributed by atoms with Crippen molar-refractivity contribution in [1.29, 1.82) is 0 Å². The van der Waals surface area contributed by atoms with Gasteiger partial charge in [0.05, 0.1) is 0 Å². The fraction of sp³-hybridized carbons (Fsp3) is 0.833. The van der Waals surface area contributed by atoms with Crippen LogP contribution in [-0.2, 0) is 11.2 Å². The topological polar surface area (TPSA) is 62.5 Å². The van der Waals surface area contributed by atoms with Crippen LogP contribution >= 0.6 is 0 Å². The van der Waals surface area contributed by atoms with E-state index >= 15 is 0 Å². The molecule has 0 N–H and O–H groups in total. The highest BCUT2D eigenvalue weighted by Crippen LogP contribution is 2.31. The maximum Gasteiger partial charge on any atom is 0.229 e. The summed E-state index contributed by atoms with van der Waals surface area (Å²) in [6, 6.07) is 0.325. The molecule has 1 saturated carbocycles. The number of hydrogen-bond acceptors (Lipinski definition) is 5. The Bertz CT molecular complexity index is 553. The van der Waals surface area contributed by atoms with Gasteiger partial charge in [-0.05, 0) is 38.1 Å². The summed E-state index contributed by atoms with van der Waals surface area (Å²) in [4.78, 5) is 21.2. The third kappa shape index (κ3) is 4.56. The van der Waals surface area contributed by atoms with Gasteiger partial charge in [-0.1, -0.05) is 19.0 Å². The Hall–Kier alpha value is -1.43. The van der Waals surface area contributed by atoms with Crippen LogP contribution < -0.4 is 0 Å². The van der Waals surface area contributed by atoms with Gasteiger partial charge in [0, 0.05) is 44.9 Å². The first kappa shape index (κ1) is 17.4. The average molecular weight is 334 g/mol. The Morgan fingerprint density at radius 1 is 1.38 bits per heavy atom. The Labute approximate surface area is 144 Å². The number of carbonyl (C=O) groups excluding carboxylic acids is 1. The van der Waals surface area contributed by atoms with Crippen LogP contribution in [0, 0.1) is 5.92 Å². The molecular weight excluding hydrogens is 304 g/mol. The number of hydrogen-bond donors (Lipinski definition) is 0. The van der Waals surface area contributed by atoms with Crippen LogP contribution in [0.2, 0.25) is 0 Å². The van der Waals surface area contributed by atoms with E-state index in [4.69, 9.17) is 4.52 Å². The summed E-state index contributed by atoms with van der Waals surface area (Å²) in [5, 5.41) is 4.04. The van der Waals surface area contributed by atoms with Crippen molar-refractivity contribution in [1.82, 2.24) is 19.9 Å². The van der Waals surface area contributed by atoms with Gasteiger partial charge in [-0.25, -0.2) is 0 Å². The van der Waals surface area contributed by atoms with Gasteiger partial charge in [0.25, 0.3) is 0 Å². The van der Waals surface area contributed by atoms with Crippen LogP contribution in [0.25, 0.3) is 0 Å². The third-order valence-corrected chi connectivity index (χ3v) is 5.09. The zero-order valence-corrected chi connectivity index (χ0v) is 15.2. The van der Waals surface area contributed by atoms with E-state index < -0.39 is 0 Å². The van der Waals surface area contributed by atoms with E-state index in [-0.39, 0.29) is 11.8 Å². The molecule has 6 nitrogen and oxygen atoms in total. The Morgan fingerprint density at radius 2 is 2.17 bits per heavy atom. The summed E-state index contributed by atoms with van der Waals surface area (Å²) in [6.07, 6.45) is 5.71. The van der Waals surface area contributed by atoms with E-state index in [1.807, 2.05) is 18.7 Å². The molecule has 24 heavy (non-hydrogen) atoms. The van der Waals surface area contributed by atoms with Crippen molar-refractivity contribution in [2.24, 2.45) is 5.92 Å². The first-order valence-corrected chi connectivity index (χ1v) is 9.35. The van der Waals surface area contributed by atoms with Crippen LogP contribution in [0.1, 0.15) is 64.1 Å². The molecule has 1 aromatic heterocycles. The fourth-order valence-electron chi connectivity index (χ4n) is 3.54. The molecule has 0 radical (unpaired) electrons. The number of carbonyl (C=O) groups is 1. The highest BCUT2D eigenvalue weighted by atomic mass is 16.5. The van der Waals surface area contributed by atoms with E-state index in [1.54, 1.807) is 6.92 Å². The van der Waals surface area contributed by atoms with Gasteiger partial charge in [-0.3, -0.25) is 4.79 Å². The Balaban J connectivity index is 1.55. The number of piperidine rings is 1. The Kier molecular flexibility index (Phi) is 5.54. The summed E-state index contributed by atoms with van der Waals surface area (Å²) in [7, 11) is 0. The molecule has 0 bridgehead atoms. The van der Waals surface area contributed by atoms with E-state index in [1.165, 1.54) is 32.4 Å². The van der Waals surface area contributed by atoms with Crippen molar-refractivity contribution in [2.75, 3.05) is 26.2 Å². The zero-order valence-electron chi connectivity index (χ0n) is 15.2. The molecule has 6 heteroatoms. The molecule has 0 spiro atoms. The normalized spacial score (nSPS) is 22.1.